The summed E-state index contributed by atoms with van der Waals surface area (Å²) in [7, 11) is 1.67. The zero-order valence-corrected chi connectivity index (χ0v) is 18.9. The number of hydrogen-bond acceptors (Lipinski definition) is 4. The van der Waals surface area contributed by atoms with Gasteiger partial charge in [-0.3, -0.25) is 9.91 Å². The Hall–Kier alpha value is -3.36. The van der Waals surface area contributed by atoms with E-state index in [4.69, 9.17) is 0 Å². The van der Waals surface area contributed by atoms with Crippen LogP contribution in [-0.2, 0) is 0 Å². The number of urea groups is 1. The number of rotatable bonds is 5. The van der Waals surface area contributed by atoms with Gasteiger partial charge in [-0.15, -0.1) is 0 Å². The van der Waals surface area contributed by atoms with Crippen LogP contribution in [-0.4, -0.2) is 51.0 Å². The summed E-state index contributed by atoms with van der Waals surface area (Å²) in [4.78, 5) is 26.4. The molecule has 1 aromatic rings. The number of hydrogen-bond donors (Lipinski definition) is 2. The summed E-state index contributed by atoms with van der Waals surface area (Å²) in [5.74, 6) is -3.82. The molecule has 1 fully saturated rings. The van der Waals surface area contributed by atoms with E-state index in [1.54, 1.807) is 36.5 Å². The number of nitrogens with one attached hydrogen (secondary N) is 1. The van der Waals surface area contributed by atoms with Crippen molar-refractivity contribution in [3.63, 3.8) is 0 Å². The average molecular weight is 459 g/mol. The first-order chi connectivity index (χ1) is 15.6. The van der Waals surface area contributed by atoms with Gasteiger partial charge in [-0.2, -0.15) is 0 Å². The second-order valence-corrected chi connectivity index (χ2v) is 8.87. The van der Waals surface area contributed by atoms with Crippen molar-refractivity contribution in [3.8, 4) is 0 Å². The van der Waals surface area contributed by atoms with E-state index in [0.29, 0.717) is 24.2 Å². The molecule has 7 nitrogen and oxygen atoms in total. The average Bonchev–Trinajstić information content (AvgIpc) is 2.76. The molecule has 0 saturated heterocycles. The Bertz CT molecular complexity index is 1060. The third-order valence-corrected chi connectivity index (χ3v) is 6.43. The molecule has 0 aromatic heterocycles. The molecule has 1 aliphatic carbocycles. The normalized spacial score (nSPS) is 21.7. The quantitative estimate of drug-likeness (QED) is 0.631. The molecule has 2 amide bonds. The number of alkyl halides is 2. The van der Waals surface area contributed by atoms with Crippen molar-refractivity contribution in [2.75, 3.05) is 12.4 Å². The Kier molecular flexibility index (Phi) is 5.90. The molecule has 3 aliphatic rings. The Morgan fingerprint density at radius 3 is 2.52 bits per heavy atom. The number of nitrogens with zero attached hydrogens (tertiary/aromatic N) is 3. The number of carboxylic acids is 1. The molecule has 2 heterocycles. The van der Waals surface area contributed by atoms with Gasteiger partial charge in [0, 0.05) is 49.6 Å². The lowest BCUT2D eigenvalue weighted by Gasteiger charge is -2.46. The molecule has 1 saturated carbocycles. The van der Waals surface area contributed by atoms with Gasteiger partial charge >= 0.3 is 12.0 Å². The summed E-state index contributed by atoms with van der Waals surface area (Å²) in [5.41, 5.74) is 2.94. The molecule has 0 spiro atoms. The van der Waals surface area contributed by atoms with Gasteiger partial charge in [-0.1, -0.05) is 12.1 Å². The van der Waals surface area contributed by atoms with Crippen LogP contribution in [0.1, 0.15) is 49.9 Å². The van der Waals surface area contributed by atoms with E-state index >= 15 is 0 Å². The molecule has 33 heavy (non-hydrogen) atoms. The maximum Gasteiger partial charge on any atom is 0.347 e. The number of carboxylic acid groups (broad SMARTS) is 1. The van der Waals surface area contributed by atoms with Crippen LogP contribution in [0.5, 0.6) is 0 Å². The van der Waals surface area contributed by atoms with Crippen LogP contribution in [0.15, 0.2) is 59.7 Å². The van der Waals surface area contributed by atoms with Crippen LogP contribution in [0.4, 0.5) is 19.3 Å². The number of halogens is 2. The minimum absolute atomic E-state index is 0.134. The molecular weight excluding hydrogens is 430 g/mol. The van der Waals surface area contributed by atoms with Crippen molar-refractivity contribution in [1.82, 2.24) is 14.9 Å². The van der Waals surface area contributed by atoms with Crippen LogP contribution in [0.25, 0.3) is 0 Å². The monoisotopic (exact) mass is 458 g/mol. The largest absolute Gasteiger partial charge is 0.478 e. The predicted octanol–water partition coefficient (Wildman–Crippen LogP) is 5.24. The number of benzene rings is 1. The highest BCUT2D eigenvalue weighted by Crippen LogP contribution is 2.42. The smallest absolute Gasteiger partial charge is 0.347 e. The van der Waals surface area contributed by atoms with Crippen molar-refractivity contribution >= 4 is 17.7 Å². The van der Waals surface area contributed by atoms with Crippen LogP contribution in [0.3, 0.4) is 0 Å². The topological polar surface area (TPSA) is 76.1 Å². The van der Waals surface area contributed by atoms with Crippen molar-refractivity contribution < 1.29 is 23.5 Å². The number of allylic oxidation sites excluding steroid dienone is 3. The Morgan fingerprint density at radius 1 is 1.18 bits per heavy atom. The summed E-state index contributed by atoms with van der Waals surface area (Å²) < 4.78 is 27.4. The summed E-state index contributed by atoms with van der Waals surface area (Å²) in [6, 6.07) is 6.03. The highest BCUT2D eigenvalue weighted by molar-refractivity contribution is 5.94. The number of carbonyl (C=O) groups excluding carboxylic acids is 1. The van der Waals surface area contributed by atoms with Crippen molar-refractivity contribution in [2.24, 2.45) is 5.92 Å². The Morgan fingerprint density at radius 2 is 1.85 bits per heavy atom. The fraction of sp³-hybridized carbons (Fsp3) is 0.417. The molecule has 0 bridgehead atoms. The summed E-state index contributed by atoms with van der Waals surface area (Å²) in [6.45, 7) is 3.77. The third kappa shape index (κ3) is 4.44. The second-order valence-electron chi connectivity index (χ2n) is 8.87. The van der Waals surface area contributed by atoms with Gasteiger partial charge < -0.3 is 10.4 Å². The lowest BCUT2D eigenvalue weighted by Crippen LogP contribution is -2.53. The minimum atomic E-state index is -2.65. The lowest BCUT2D eigenvalue weighted by molar-refractivity contribution is -0.0448. The first-order valence-corrected chi connectivity index (χ1v) is 11.0. The molecule has 0 radical (unpaired) electrons. The van der Waals surface area contributed by atoms with E-state index in [1.807, 2.05) is 26.1 Å². The lowest BCUT2D eigenvalue weighted by atomic mass is 9.84. The molecule has 1 unspecified atom stereocenters. The number of para-hydroxylation sites is 1. The van der Waals surface area contributed by atoms with Crippen LogP contribution in [0.2, 0.25) is 0 Å². The third-order valence-electron chi connectivity index (χ3n) is 6.43. The Labute approximate surface area is 191 Å². The minimum Gasteiger partial charge on any atom is -0.478 e. The number of aromatic carboxylic acids is 1. The molecular formula is C24H28F2N4O3. The van der Waals surface area contributed by atoms with Gasteiger partial charge in [0.15, 0.2) is 0 Å². The maximum absolute atomic E-state index is 13.7. The molecule has 1 aromatic carbocycles. The predicted molar refractivity (Wildman–Crippen MR) is 120 cm³/mol. The van der Waals surface area contributed by atoms with E-state index in [9.17, 15) is 23.5 Å². The highest BCUT2D eigenvalue weighted by atomic mass is 19.3. The molecule has 176 valence electrons. The van der Waals surface area contributed by atoms with E-state index in [1.165, 1.54) is 16.0 Å². The van der Waals surface area contributed by atoms with E-state index in [2.05, 4.69) is 5.32 Å². The van der Waals surface area contributed by atoms with Crippen molar-refractivity contribution in [2.45, 2.75) is 51.5 Å². The van der Waals surface area contributed by atoms with Crippen LogP contribution >= 0.6 is 0 Å². The van der Waals surface area contributed by atoms with Crippen molar-refractivity contribution in [3.05, 3.63) is 65.3 Å². The van der Waals surface area contributed by atoms with Gasteiger partial charge in [0.25, 0.3) is 0 Å². The van der Waals surface area contributed by atoms with Gasteiger partial charge in [-0.05, 0) is 50.5 Å². The maximum atomic E-state index is 13.7. The number of hydrazine groups is 1. The second kappa shape index (κ2) is 8.53. The molecule has 1 atom stereocenters. The standard InChI is InChI=1S/C24H28F2N4O3/c1-15-12-20(16(2)27-19-7-5-4-6-18(19)22(31)32)29-14-21(28(3)23(33)30(29)13-15)17-8-10-24(25,26)11-9-17/h4-7,12-14,16-17,27H,8-11H2,1-3H3,(H,31,32). The zero-order valence-electron chi connectivity index (χ0n) is 18.9. The van der Waals surface area contributed by atoms with Crippen molar-refractivity contribution in [1.29, 1.82) is 0 Å². The fourth-order valence-electron chi connectivity index (χ4n) is 4.62. The molecule has 2 N–H and O–H groups in total. The first kappa shape index (κ1) is 22.8. The molecule has 9 heteroatoms. The number of carbonyl (C=O) groups is 2. The number of anilines is 1. The fourth-order valence-corrected chi connectivity index (χ4v) is 4.62. The van der Waals surface area contributed by atoms with Crippen LogP contribution in [0, 0.1) is 5.92 Å². The van der Waals surface area contributed by atoms with Gasteiger partial charge in [-0.25, -0.2) is 23.4 Å². The van der Waals surface area contributed by atoms with E-state index < -0.39 is 11.9 Å². The summed E-state index contributed by atoms with van der Waals surface area (Å²) in [5, 5.41) is 16.0. The van der Waals surface area contributed by atoms with E-state index in [0.717, 1.165) is 11.3 Å². The zero-order chi connectivity index (χ0) is 23.9. The van der Waals surface area contributed by atoms with E-state index in [-0.39, 0.29) is 36.4 Å². The van der Waals surface area contributed by atoms with Crippen LogP contribution < -0.4 is 5.32 Å². The molecule has 2 aliphatic heterocycles. The number of fused-ring (bicyclic) bond motifs is 1. The van der Waals surface area contributed by atoms with Gasteiger partial charge in [0.05, 0.1) is 17.3 Å². The number of amides is 2. The Balaban J connectivity index is 1.65. The first-order valence-electron chi connectivity index (χ1n) is 11.0. The molecule has 4 rings (SSSR count). The van der Waals surface area contributed by atoms with Gasteiger partial charge in [0.1, 0.15) is 0 Å². The summed E-state index contributed by atoms with van der Waals surface area (Å²) in [6.07, 6.45) is 5.75. The SMILES string of the molecule is CC1=CN2C(=O)N(C)C(C3CCC(F)(F)CC3)=CN2C(C(C)Nc2ccccc2C(=O)O)=C1. The summed E-state index contributed by atoms with van der Waals surface area (Å²) >= 11 is 0. The highest BCUT2D eigenvalue weighted by Gasteiger charge is 2.41. The van der Waals surface area contributed by atoms with Gasteiger partial charge in [0.2, 0.25) is 5.92 Å².